The van der Waals surface area contributed by atoms with Crippen molar-refractivity contribution < 1.29 is 29.3 Å². The van der Waals surface area contributed by atoms with Crippen molar-refractivity contribution in [1.29, 1.82) is 0 Å². The number of para-hydroxylation sites is 1. The molecular formula is C24H23NO6. The molecule has 1 amide bonds. The van der Waals surface area contributed by atoms with Crippen molar-refractivity contribution >= 4 is 23.7 Å². The van der Waals surface area contributed by atoms with Crippen molar-refractivity contribution in [3.8, 4) is 5.75 Å². The number of aliphatic carboxylic acids is 1. The summed E-state index contributed by atoms with van der Waals surface area (Å²) < 4.78 is 5.41. The summed E-state index contributed by atoms with van der Waals surface area (Å²) in [7, 11) is 1.48. The first-order chi connectivity index (χ1) is 14.9. The second kappa shape index (κ2) is 9.75. The number of hydrogen-bond acceptors (Lipinski definition) is 5. The Labute approximate surface area is 179 Å². The van der Waals surface area contributed by atoms with Crippen LogP contribution < -0.4 is 4.74 Å². The molecule has 7 heteroatoms. The van der Waals surface area contributed by atoms with Gasteiger partial charge in [0, 0.05) is 18.5 Å². The van der Waals surface area contributed by atoms with Crippen molar-refractivity contribution in [2.24, 2.45) is 0 Å². The second-order valence-corrected chi connectivity index (χ2v) is 7.01. The molecule has 1 aliphatic heterocycles. The molecule has 31 heavy (non-hydrogen) atoms. The number of ether oxygens (including phenoxy) is 1. The van der Waals surface area contributed by atoms with Gasteiger partial charge in [0.05, 0.1) is 18.7 Å². The molecule has 0 radical (unpaired) electrons. The number of ketones is 1. The maximum atomic E-state index is 13.1. The molecule has 3 rings (SSSR count). The third-order valence-corrected chi connectivity index (χ3v) is 5.02. The van der Waals surface area contributed by atoms with E-state index in [0.717, 1.165) is 5.56 Å². The Morgan fingerprint density at radius 3 is 2.45 bits per heavy atom. The molecule has 2 aromatic carbocycles. The number of aliphatic hydroxyl groups excluding tert-OH is 1. The molecule has 2 N–H and O–H groups in total. The van der Waals surface area contributed by atoms with Crippen LogP contribution in [0.2, 0.25) is 0 Å². The van der Waals surface area contributed by atoms with E-state index in [-0.39, 0.29) is 25.0 Å². The molecule has 1 unspecified atom stereocenters. The number of carboxylic acid groups (broad SMARTS) is 1. The summed E-state index contributed by atoms with van der Waals surface area (Å²) in [4.78, 5) is 38.1. The average Bonchev–Trinajstić information content (AvgIpc) is 3.03. The highest BCUT2D eigenvalue weighted by molar-refractivity contribution is 6.14. The van der Waals surface area contributed by atoms with Gasteiger partial charge in [-0.1, -0.05) is 54.6 Å². The summed E-state index contributed by atoms with van der Waals surface area (Å²) in [5.41, 5.74) is 1.28. The van der Waals surface area contributed by atoms with Crippen LogP contribution in [0.4, 0.5) is 0 Å². The van der Waals surface area contributed by atoms with Crippen LogP contribution in [-0.4, -0.2) is 46.4 Å². The van der Waals surface area contributed by atoms with Gasteiger partial charge >= 0.3 is 5.97 Å². The van der Waals surface area contributed by atoms with Gasteiger partial charge in [-0.25, -0.2) is 0 Å². The highest BCUT2D eigenvalue weighted by Crippen LogP contribution is 2.41. The first-order valence-corrected chi connectivity index (χ1v) is 9.80. The molecule has 0 spiro atoms. The fourth-order valence-electron chi connectivity index (χ4n) is 3.58. The van der Waals surface area contributed by atoms with Crippen LogP contribution in [0.25, 0.3) is 6.08 Å². The molecule has 7 nitrogen and oxygen atoms in total. The number of rotatable bonds is 9. The summed E-state index contributed by atoms with van der Waals surface area (Å²) in [5, 5.41) is 19.5. The number of benzene rings is 2. The summed E-state index contributed by atoms with van der Waals surface area (Å²) in [6, 6.07) is 15.2. The van der Waals surface area contributed by atoms with Crippen molar-refractivity contribution in [2.75, 3.05) is 13.7 Å². The monoisotopic (exact) mass is 421 g/mol. The Hall–Kier alpha value is -3.87. The first kappa shape index (κ1) is 21.8. The number of methoxy groups -OCH3 is 1. The Balaban J connectivity index is 1.99. The number of aliphatic hydroxyl groups is 1. The minimum absolute atomic E-state index is 0.0583. The van der Waals surface area contributed by atoms with E-state index < -0.39 is 29.5 Å². The lowest BCUT2D eigenvalue weighted by atomic mass is 9.94. The predicted molar refractivity (Wildman–Crippen MR) is 114 cm³/mol. The molecular weight excluding hydrogens is 398 g/mol. The molecule has 1 atom stereocenters. The third-order valence-electron chi connectivity index (χ3n) is 5.02. The number of carbonyl (C=O) groups excluding carboxylic acids is 2. The smallest absolute Gasteiger partial charge is 0.303 e. The van der Waals surface area contributed by atoms with Crippen LogP contribution in [0.1, 0.15) is 30.0 Å². The molecule has 0 bridgehead atoms. The lowest BCUT2D eigenvalue weighted by Crippen LogP contribution is -2.32. The van der Waals surface area contributed by atoms with Crippen LogP contribution in [0.3, 0.4) is 0 Å². The standard InChI is InChI=1S/C24H23NO6/c1-31-19-11-6-5-10-17(19)22-21(18(26)14-13-16-8-3-2-4-9-16)23(29)24(30)25(22)15-7-12-20(27)28/h2-6,8-11,13-14,22,29H,7,12,15H2,1H3,(H,27,28)/b14-13+. The summed E-state index contributed by atoms with van der Waals surface area (Å²) in [5.74, 6) is -2.38. The number of carboxylic acids is 1. The van der Waals surface area contributed by atoms with Crippen LogP contribution in [0.5, 0.6) is 5.75 Å². The van der Waals surface area contributed by atoms with Gasteiger partial charge in [-0.15, -0.1) is 0 Å². The van der Waals surface area contributed by atoms with Gasteiger partial charge in [-0.2, -0.15) is 0 Å². The fourth-order valence-corrected chi connectivity index (χ4v) is 3.58. The van der Waals surface area contributed by atoms with Crippen molar-refractivity contribution in [3.05, 3.63) is 83.1 Å². The van der Waals surface area contributed by atoms with E-state index in [1.807, 2.05) is 30.3 Å². The van der Waals surface area contributed by atoms with E-state index in [2.05, 4.69) is 0 Å². The van der Waals surface area contributed by atoms with E-state index in [0.29, 0.717) is 11.3 Å². The number of amides is 1. The van der Waals surface area contributed by atoms with Crippen LogP contribution in [-0.2, 0) is 14.4 Å². The van der Waals surface area contributed by atoms with Crippen LogP contribution in [0.15, 0.2) is 72.0 Å². The van der Waals surface area contributed by atoms with E-state index in [9.17, 15) is 19.5 Å². The quantitative estimate of drug-likeness (QED) is 0.600. The molecule has 0 aromatic heterocycles. The lowest BCUT2D eigenvalue weighted by Gasteiger charge is -2.27. The van der Waals surface area contributed by atoms with Gasteiger partial charge < -0.3 is 19.8 Å². The molecule has 0 aliphatic carbocycles. The molecule has 0 saturated heterocycles. The van der Waals surface area contributed by atoms with Crippen molar-refractivity contribution in [3.63, 3.8) is 0 Å². The second-order valence-electron chi connectivity index (χ2n) is 7.01. The Morgan fingerprint density at radius 1 is 1.10 bits per heavy atom. The van der Waals surface area contributed by atoms with E-state index in [4.69, 9.17) is 9.84 Å². The zero-order valence-corrected chi connectivity index (χ0v) is 17.0. The maximum Gasteiger partial charge on any atom is 0.303 e. The molecule has 1 heterocycles. The third kappa shape index (κ3) is 4.83. The van der Waals surface area contributed by atoms with Gasteiger partial charge in [0.2, 0.25) is 0 Å². The van der Waals surface area contributed by atoms with E-state index in [1.54, 1.807) is 30.3 Å². The van der Waals surface area contributed by atoms with Gasteiger partial charge in [0.1, 0.15) is 5.75 Å². The zero-order valence-electron chi connectivity index (χ0n) is 17.0. The number of carbonyl (C=O) groups is 3. The molecule has 160 valence electrons. The Kier molecular flexibility index (Phi) is 6.87. The maximum absolute atomic E-state index is 13.1. The van der Waals surface area contributed by atoms with E-state index in [1.165, 1.54) is 18.1 Å². The normalized spacial score (nSPS) is 16.2. The average molecular weight is 421 g/mol. The van der Waals surface area contributed by atoms with Crippen molar-refractivity contribution in [2.45, 2.75) is 18.9 Å². The topological polar surface area (TPSA) is 104 Å². The Bertz CT molecular complexity index is 1040. The van der Waals surface area contributed by atoms with Gasteiger partial charge in [-0.3, -0.25) is 14.4 Å². The summed E-state index contributed by atoms with van der Waals surface area (Å²) in [6.07, 6.45) is 2.97. The molecule has 1 aliphatic rings. The Morgan fingerprint density at radius 2 is 1.77 bits per heavy atom. The minimum atomic E-state index is -0.986. The SMILES string of the molecule is COc1ccccc1C1C(C(=O)/C=C/c2ccccc2)=C(O)C(=O)N1CCCC(=O)O. The number of nitrogens with zero attached hydrogens (tertiary/aromatic N) is 1. The van der Waals surface area contributed by atoms with Crippen LogP contribution in [0, 0.1) is 0 Å². The van der Waals surface area contributed by atoms with E-state index >= 15 is 0 Å². The highest BCUT2D eigenvalue weighted by Gasteiger charge is 2.43. The molecule has 2 aromatic rings. The van der Waals surface area contributed by atoms with Gasteiger partial charge in [0.25, 0.3) is 5.91 Å². The largest absolute Gasteiger partial charge is 0.503 e. The fraction of sp³-hybridized carbons (Fsp3) is 0.208. The molecule has 0 fully saturated rings. The summed E-state index contributed by atoms with van der Waals surface area (Å²) in [6.45, 7) is 0.0666. The summed E-state index contributed by atoms with van der Waals surface area (Å²) >= 11 is 0. The zero-order chi connectivity index (χ0) is 22.4. The van der Waals surface area contributed by atoms with Crippen molar-refractivity contribution in [1.82, 2.24) is 4.90 Å². The van der Waals surface area contributed by atoms with Crippen LogP contribution >= 0.6 is 0 Å². The number of allylic oxidation sites excluding steroid dienone is 1. The molecule has 0 saturated carbocycles. The van der Waals surface area contributed by atoms with Gasteiger partial charge in [0.15, 0.2) is 11.5 Å². The van der Waals surface area contributed by atoms with Gasteiger partial charge in [-0.05, 0) is 24.1 Å². The lowest BCUT2D eigenvalue weighted by molar-refractivity contribution is -0.138. The number of hydrogen-bond donors (Lipinski definition) is 2. The first-order valence-electron chi connectivity index (χ1n) is 9.80. The highest BCUT2D eigenvalue weighted by atomic mass is 16.5. The minimum Gasteiger partial charge on any atom is -0.503 e. The predicted octanol–water partition coefficient (Wildman–Crippen LogP) is 3.54.